The van der Waals surface area contributed by atoms with Gasteiger partial charge in [0.05, 0.1) is 0 Å². The van der Waals surface area contributed by atoms with E-state index >= 15 is 0 Å². The van der Waals surface area contributed by atoms with Gasteiger partial charge in [-0.05, 0) is 18.4 Å². The topological polar surface area (TPSA) is 40.1 Å². The molecule has 0 saturated heterocycles. The fourth-order valence-corrected chi connectivity index (χ4v) is 0.951. The zero-order valence-corrected chi connectivity index (χ0v) is 12.4. The molecule has 0 heterocycles. The standard InChI is InChI=1S/C10H14.CH2O2.K/c1-8(2)10-6-4-9(3)5-7-10;2-1-3;/h4-8H,1-3H3;1H,(H,2,3);/q;;+1/p-1. The van der Waals surface area contributed by atoms with Gasteiger partial charge >= 0.3 is 51.4 Å². The molecular weight excluding hydrogens is 203 g/mol. The van der Waals surface area contributed by atoms with Gasteiger partial charge in [-0.25, -0.2) is 0 Å². The van der Waals surface area contributed by atoms with Crippen LogP contribution in [0.5, 0.6) is 0 Å². The van der Waals surface area contributed by atoms with Crippen molar-refractivity contribution < 1.29 is 61.3 Å². The van der Waals surface area contributed by atoms with Crippen molar-refractivity contribution >= 4 is 6.47 Å². The number of hydrogen-bond donors (Lipinski definition) is 0. The van der Waals surface area contributed by atoms with Gasteiger partial charge in [-0.1, -0.05) is 43.7 Å². The van der Waals surface area contributed by atoms with Gasteiger partial charge in [0.25, 0.3) is 0 Å². The van der Waals surface area contributed by atoms with Crippen LogP contribution in [0.25, 0.3) is 0 Å². The number of hydrogen-bond acceptors (Lipinski definition) is 2. The van der Waals surface area contributed by atoms with Gasteiger partial charge in [0, 0.05) is 6.47 Å². The van der Waals surface area contributed by atoms with Gasteiger partial charge in [0.2, 0.25) is 0 Å². The Bertz CT molecular complexity index is 242. The summed E-state index contributed by atoms with van der Waals surface area (Å²) < 4.78 is 0. The average molecular weight is 218 g/mol. The molecule has 3 heteroatoms. The normalized spacial score (nSPS) is 8.29. The molecule has 0 aliphatic rings. The van der Waals surface area contributed by atoms with Crippen LogP contribution in [0, 0.1) is 6.92 Å². The van der Waals surface area contributed by atoms with Crippen LogP contribution >= 0.6 is 0 Å². The molecule has 1 aromatic rings. The van der Waals surface area contributed by atoms with Crippen LogP contribution in [0.4, 0.5) is 0 Å². The molecule has 0 bridgehead atoms. The van der Waals surface area contributed by atoms with E-state index < -0.39 is 6.47 Å². The fourth-order valence-electron chi connectivity index (χ4n) is 0.951. The summed E-state index contributed by atoms with van der Waals surface area (Å²) in [6.07, 6.45) is 0. The monoisotopic (exact) mass is 218 g/mol. The Morgan fingerprint density at radius 3 is 1.86 bits per heavy atom. The van der Waals surface area contributed by atoms with Crippen molar-refractivity contribution in [2.24, 2.45) is 0 Å². The SMILES string of the molecule is Cc1ccc(C(C)C)cc1.O=C[O-].[K+]. The molecule has 72 valence electrons. The number of benzene rings is 1. The Hall–Kier alpha value is 0.326. The minimum absolute atomic E-state index is 0. The summed E-state index contributed by atoms with van der Waals surface area (Å²) in [5, 5.41) is 8.25. The van der Waals surface area contributed by atoms with Crippen molar-refractivity contribution in [3.05, 3.63) is 35.4 Å². The van der Waals surface area contributed by atoms with Crippen LogP contribution in [-0.4, -0.2) is 6.47 Å². The van der Waals surface area contributed by atoms with Gasteiger partial charge in [-0.15, -0.1) is 0 Å². The smallest absolute Gasteiger partial charge is 0.554 e. The predicted octanol–water partition coefficient (Wildman–Crippen LogP) is -1.51. The van der Waals surface area contributed by atoms with E-state index in [1.54, 1.807) is 0 Å². The van der Waals surface area contributed by atoms with Crippen molar-refractivity contribution in [3.8, 4) is 0 Å². The first-order valence-electron chi connectivity index (χ1n) is 4.24. The summed E-state index contributed by atoms with van der Waals surface area (Å²) >= 11 is 0. The van der Waals surface area contributed by atoms with Crippen molar-refractivity contribution in [2.75, 3.05) is 0 Å². The van der Waals surface area contributed by atoms with Crippen molar-refractivity contribution in [1.29, 1.82) is 0 Å². The summed E-state index contributed by atoms with van der Waals surface area (Å²) in [6, 6.07) is 8.71. The Kier molecular flexibility index (Phi) is 11.8. The minimum atomic E-state index is -0.500. The van der Waals surface area contributed by atoms with Crippen LogP contribution in [0.15, 0.2) is 24.3 Å². The van der Waals surface area contributed by atoms with E-state index in [2.05, 4.69) is 45.0 Å². The summed E-state index contributed by atoms with van der Waals surface area (Å²) in [6.45, 7) is 6.04. The molecule has 1 rings (SSSR count). The third kappa shape index (κ3) is 7.70. The zero-order valence-electron chi connectivity index (χ0n) is 9.28. The number of aryl methyl sites for hydroxylation is 1. The van der Waals surface area contributed by atoms with Crippen LogP contribution in [0.1, 0.15) is 30.9 Å². The summed E-state index contributed by atoms with van der Waals surface area (Å²) in [5.74, 6) is 0.653. The van der Waals surface area contributed by atoms with E-state index in [9.17, 15) is 0 Å². The molecule has 0 N–H and O–H groups in total. The fraction of sp³-hybridized carbons (Fsp3) is 0.364. The van der Waals surface area contributed by atoms with Crippen LogP contribution in [-0.2, 0) is 4.79 Å². The first-order chi connectivity index (χ1) is 6.11. The summed E-state index contributed by atoms with van der Waals surface area (Å²) in [7, 11) is 0. The van der Waals surface area contributed by atoms with E-state index in [1.165, 1.54) is 11.1 Å². The Morgan fingerprint density at radius 1 is 1.21 bits per heavy atom. The Labute approximate surface area is 128 Å². The molecule has 0 fully saturated rings. The second-order valence-corrected chi connectivity index (χ2v) is 3.16. The maximum absolute atomic E-state index is 8.25. The van der Waals surface area contributed by atoms with Gasteiger partial charge in [0.15, 0.2) is 0 Å². The van der Waals surface area contributed by atoms with Crippen molar-refractivity contribution in [1.82, 2.24) is 0 Å². The molecule has 0 amide bonds. The molecule has 2 nitrogen and oxygen atoms in total. The quantitative estimate of drug-likeness (QED) is 0.425. The second-order valence-electron chi connectivity index (χ2n) is 3.16. The third-order valence-electron chi connectivity index (χ3n) is 1.74. The summed E-state index contributed by atoms with van der Waals surface area (Å²) in [5.41, 5.74) is 2.76. The van der Waals surface area contributed by atoms with Gasteiger partial charge in [0.1, 0.15) is 0 Å². The number of carboxylic acid groups (broad SMARTS) is 1. The Balaban J connectivity index is 0. The minimum Gasteiger partial charge on any atom is -0.554 e. The van der Waals surface area contributed by atoms with E-state index in [0.29, 0.717) is 5.92 Å². The molecule has 0 aromatic heterocycles. The molecule has 0 unspecified atom stereocenters. The first-order valence-corrected chi connectivity index (χ1v) is 4.24. The third-order valence-corrected chi connectivity index (χ3v) is 1.74. The maximum atomic E-state index is 8.25. The van der Waals surface area contributed by atoms with Gasteiger partial charge < -0.3 is 9.90 Å². The molecule has 14 heavy (non-hydrogen) atoms. The zero-order chi connectivity index (χ0) is 10.3. The van der Waals surface area contributed by atoms with Crippen molar-refractivity contribution in [2.45, 2.75) is 26.7 Å². The van der Waals surface area contributed by atoms with E-state index in [4.69, 9.17) is 9.90 Å². The summed E-state index contributed by atoms with van der Waals surface area (Å²) in [4.78, 5) is 8.25. The molecule has 0 aliphatic carbocycles. The number of rotatable bonds is 1. The van der Waals surface area contributed by atoms with E-state index in [1.807, 2.05) is 0 Å². The Morgan fingerprint density at radius 2 is 1.57 bits per heavy atom. The number of carbonyl (C=O) groups excluding carboxylic acids is 1. The van der Waals surface area contributed by atoms with Crippen molar-refractivity contribution in [3.63, 3.8) is 0 Å². The van der Waals surface area contributed by atoms with E-state index in [0.717, 1.165) is 0 Å². The van der Waals surface area contributed by atoms with Crippen LogP contribution in [0.2, 0.25) is 0 Å². The second kappa shape index (κ2) is 9.87. The molecule has 0 radical (unpaired) electrons. The predicted molar refractivity (Wildman–Crippen MR) is 51.3 cm³/mol. The van der Waals surface area contributed by atoms with Gasteiger partial charge in [-0.2, -0.15) is 0 Å². The van der Waals surface area contributed by atoms with Gasteiger partial charge in [-0.3, -0.25) is 0 Å². The maximum Gasteiger partial charge on any atom is 1.00 e. The molecule has 0 atom stereocenters. The average Bonchev–Trinajstić information content (AvgIpc) is 2.06. The molecule has 0 spiro atoms. The van der Waals surface area contributed by atoms with Crippen LogP contribution in [0.3, 0.4) is 0 Å². The van der Waals surface area contributed by atoms with Crippen LogP contribution < -0.4 is 56.5 Å². The molecule has 1 aromatic carbocycles. The first kappa shape index (κ1) is 16.7. The molecular formula is C11H15KO2. The molecule has 0 saturated carbocycles. The molecule has 0 aliphatic heterocycles. The largest absolute Gasteiger partial charge is 1.00 e. The number of carbonyl (C=O) groups is 1. The van der Waals surface area contributed by atoms with E-state index in [-0.39, 0.29) is 51.4 Å².